The van der Waals surface area contributed by atoms with Crippen LogP contribution in [0.25, 0.3) is 21.9 Å². The van der Waals surface area contributed by atoms with Crippen molar-refractivity contribution in [3.8, 4) is 0 Å². The summed E-state index contributed by atoms with van der Waals surface area (Å²) in [5, 5.41) is 7.74. The van der Waals surface area contributed by atoms with Crippen molar-refractivity contribution in [2.75, 3.05) is 0 Å². The molecule has 0 aliphatic heterocycles. The minimum atomic E-state index is -0.269. The van der Waals surface area contributed by atoms with E-state index in [9.17, 15) is 9.59 Å². The van der Waals surface area contributed by atoms with E-state index in [1.165, 1.54) is 10.9 Å². The predicted octanol–water partition coefficient (Wildman–Crippen LogP) is 3.36. The minimum Gasteiger partial charge on any atom is -0.350 e. The second-order valence-corrected chi connectivity index (χ2v) is 8.60. The number of rotatable bonds is 8. The van der Waals surface area contributed by atoms with Crippen LogP contribution in [0.1, 0.15) is 36.2 Å². The van der Waals surface area contributed by atoms with Crippen LogP contribution in [-0.2, 0) is 30.8 Å². The molecule has 0 radical (unpaired) electrons. The Bertz CT molecular complexity index is 1570. The first-order chi connectivity index (χ1) is 17.0. The molecule has 0 saturated heterocycles. The third-order valence-electron chi connectivity index (χ3n) is 5.91. The molecule has 5 aromatic rings. The third-order valence-corrected chi connectivity index (χ3v) is 5.91. The molecule has 0 aliphatic carbocycles. The zero-order valence-electron chi connectivity index (χ0n) is 19.7. The van der Waals surface area contributed by atoms with Crippen LogP contribution in [0.5, 0.6) is 0 Å². The van der Waals surface area contributed by atoms with Gasteiger partial charge in [0.05, 0.1) is 11.8 Å². The summed E-state index contributed by atoms with van der Waals surface area (Å²) in [6.07, 6.45) is 3.11. The van der Waals surface area contributed by atoms with Crippen molar-refractivity contribution in [1.29, 1.82) is 0 Å². The SMILES string of the molecule is CCCc1noc(Cn2cnc3c4cc(C)ccc4n(CC(=O)NCc4ccccc4)c3c2=O)n1. The summed E-state index contributed by atoms with van der Waals surface area (Å²) < 4.78 is 8.49. The number of hydrogen-bond donors (Lipinski definition) is 1. The maximum atomic E-state index is 13.6. The van der Waals surface area contributed by atoms with Gasteiger partial charge in [-0.25, -0.2) is 4.98 Å². The van der Waals surface area contributed by atoms with E-state index in [0.717, 1.165) is 28.5 Å². The first-order valence-electron chi connectivity index (χ1n) is 11.6. The Morgan fingerprint density at radius 2 is 1.97 bits per heavy atom. The van der Waals surface area contributed by atoms with Crippen LogP contribution in [0.15, 0.2) is 64.2 Å². The van der Waals surface area contributed by atoms with E-state index >= 15 is 0 Å². The quantitative estimate of drug-likeness (QED) is 0.373. The molecular formula is C26H26N6O3. The van der Waals surface area contributed by atoms with Crippen molar-refractivity contribution >= 4 is 27.8 Å². The van der Waals surface area contributed by atoms with Crippen LogP contribution in [0.2, 0.25) is 0 Å². The molecule has 1 amide bonds. The third kappa shape index (κ3) is 4.57. The number of hydrogen-bond acceptors (Lipinski definition) is 6. The average Bonchev–Trinajstić information content (AvgIpc) is 3.42. The van der Waals surface area contributed by atoms with Gasteiger partial charge in [-0.1, -0.05) is 54.0 Å². The van der Waals surface area contributed by atoms with Gasteiger partial charge in [0.1, 0.15) is 24.1 Å². The lowest BCUT2D eigenvalue weighted by Crippen LogP contribution is -2.29. The molecule has 0 bridgehead atoms. The fraction of sp³-hybridized carbons (Fsp3) is 0.269. The normalized spacial score (nSPS) is 11.4. The van der Waals surface area contributed by atoms with Gasteiger partial charge in [0.2, 0.25) is 11.8 Å². The van der Waals surface area contributed by atoms with E-state index in [4.69, 9.17) is 4.52 Å². The first kappa shape index (κ1) is 22.5. The van der Waals surface area contributed by atoms with Gasteiger partial charge < -0.3 is 14.4 Å². The number of nitrogens with one attached hydrogen (secondary N) is 1. The molecule has 3 heterocycles. The van der Waals surface area contributed by atoms with Crippen LogP contribution in [0, 0.1) is 6.92 Å². The lowest BCUT2D eigenvalue weighted by molar-refractivity contribution is -0.121. The van der Waals surface area contributed by atoms with Gasteiger partial charge in [0, 0.05) is 18.4 Å². The van der Waals surface area contributed by atoms with Crippen LogP contribution < -0.4 is 10.9 Å². The number of nitrogens with zero attached hydrogens (tertiary/aromatic N) is 5. The van der Waals surface area contributed by atoms with Crippen LogP contribution >= 0.6 is 0 Å². The molecular weight excluding hydrogens is 444 g/mol. The van der Waals surface area contributed by atoms with Crippen LogP contribution in [0.4, 0.5) is 0 Å². The molecule has 2 aromatic carbocycles. The molecule has 178 valence electrons. The summed E-state index contributed by atoms with van der Waals surface area (Å²) in [6.45, 7) is 4.54. The second kappa shape index (κ2) is 9.54. The smallest absolute Gasteiger partial charge is 0.278 e. The molecule has 9 nitrogen and oxygen atoms in total. The Kier molecular flexibility index (Phi) is 6.13. The number of aryl methyl sites for hydroxylation is 2. The van der Waals surface area contributed by atoms with E-state index in [0.29, 0.717) is 35.7 Å². The van der Waals surface area contributed by atoms with Gasteiger partial charge in [-0.05, 0) is 31.0 Å². The molecule has 5 rings (SSSR count). The number of aromatic nitrogens is 5. The summed E-state index contributed by atoms with van der Waals surface area (Å²) >= 11 is 0. The van der Waals surface area contributed by atoms with Crippen molar-refractivity contribution in [1.82, 2.24) is 29.6 Å². The average molecular weight is 471 g/mol. The molecule has 9 heteroatoms. The summed E-state index contributed by atoms with van der Waals surface area (Å²) in [7, 11) is 0. The maximum absolute atomic E-state index is 13.6. The fourth-order valence-electron chi connectivity index (χ4n) is 4.21. The van der Waals surface area contributed by atoms with Crippen LogP contribution in [-0.4, -0.2) is 30.2 Å². The zero-order chi connectivity index (χ0) is 24.4. The predicted molar refractivity (Wildman–Crippen MR) is 132 cm³/mol. The second-order valence-electron chi connectivity index (χ2n) is 8.60. The number of amides is 1. The van der Waals surface area contributed by atoms with E-state index in [1.807, 2.05) is 62.4 Å². The van der Waals surface area contributed by atoms with Gasteiger partial charge in [-0.15, -0.1) is 0 Å². The van der Waals surface area contributed by atoms with Crippen molar-refractivity contribution in [3.63, 3.8) is 0 Å². The van der Waals surface area contributed by atoms with Gasteiger partial charge in [0.15, 0.2) is 5.82 Å². The van der Waals surface area contributed by atoms with Gasteiger partial charge >= 0.3 is 0 Å². The Labute approximate surface area is 201 Å². The largest absolute Gasteiger partial charge is 0.350 e. The van der Waals surface area contributed by atoms with E-state index < -0.39 is 0 Å². The van der Waals surface area contributed by atoms with Crippen molar-refractivity contribution in [3.05, 3.63) is 88.1 Å². The lowest BCUT2D eigenvalue weighted by atomic mass is 10.1. The molecule has 3 aromatic heterocycles. The molecule has 0 atom stereocenters. The zero-order valence-corrected chi connectivity index (χ0v) is 19.7. The lowest BCUT2D eigenvalue weighted by Gasteiger charge is -2.09. The topological polar surface area (TPSA) is 108 Å². The number of carbonyl (C=O) groups excluding carboxylic acids is 1. The Hall–Kier alpha value is -4.27. The van der Waals surface area contributed by atoms with E-state index in [1.54, 1.807) is 4.57 Å². The highest BCUT2D eigenvalue weighted by Crippen LogP contribution is 2.26. The molecule has 1 N–H and O–H groups in total. The highest BCUT2D eigenvalue weighted by Gasteiger charge is 2.19. The van der Waals surface area contributed by atoms with Crippen LogP contribution in [0.3, 0.4) is 0 Å². The summed E-state index contributed by atoms with van der Waals surface area (Å²) in [5.74, 6) is 0.768. The molecule has 0 unspecified atom stereocenters. The van der Waals surface area contributed by atoms with E-state index in [-0.39, 0.29) is 24.6 Å². The van der Waals surface area contributed by atoms with E-state index in [2.05, 4.69) is 20.4 Å². The summed E-state index contributed by atoms with van der Waals surface area (Å²) in [5.41, 5.74) is 3.50. The van der Waals surface area contributed by atoms with Crippen molar-refractivity contribution in [2.24, 2.45) is 0 Å². The molecule has 0 fully saturated rings. The van der Waals surface area contributed by atoms with Gasteiger partial charge in [0.25, 0.3) is 5.56 Å². The maximum Gasteiger partial charge on any atom is 0.278 e. The van der Waals surface area contributed by atoms with Gasteiger partial charge in [-0.2, -0.15) is 4.98 Å². The van der Waals surface area contributed by atoms with Crippen molar-refractivity contribution in [2.45, 2.75) is 46.3 Å². The molecule has 0 aliphatic rings. The fourth-order valence-corrected chi connectivity index (χ4v) is 4.21. The molecule has 35 heavy (non-hydrogen) atoms. The molecule has 0 spiro atoms. The highest BCUT2D eigenvalue weighted by molar-refractivity contribution is 6.06. The monoisotopic (exact) mass is 470 g/mol. The Morgan fingerprint density at radius 3 is 2.77 bits per heavy atom. The summed E-state index contributed by atoms with van der Waals surface area (Å²) in [6, 6.07) is 15.6. The first-order valence-corrected chi connectivity index (χ1v) is 11.6. The summed E-state index contributed by atoms with van der Waals surface area (Å²) in [4.78, 5) is 35.4. The Balaban J connectivity index is 1.52. The number of fused-ring (bicyclic) bond motifs is 3. The standard InChI is InChI=1S/C26H26N6O3/c1-3-7-21-29-23(35-30-21)15-31-16-28-24-19-12-17(2)10-11-20(19)32(25(24)26(31)34)14-22(33)27-13-18-8-5-4-6-9-18/h4-6,8-12,16H,3,7,13-15H2,1-2H3,(H,27,33). The highest BCUT2D eigenvalue weighted by atomic mass is 16.5. The number of carbonyl (C=O) groups is 1. The molecule has 0 saturated carbocycles. The number of benzene rings is 2. The minimum absolute atomic E-state index is 0.00195. The van der Waals surface area contributed by atoms with Crippen molar-refractivity contribution < 1.29 is 9.32 Å². The van der Waals surface area contributed by atoms with Gasteiger partial charge in [-0.3, -0.25) is 14.2 Å². The Morgan fingerprint density at radius 1 is 1.14 bits per heavy atom.